The molecule has 0 aromatic carbocycles. The summed E-state index contributed by atoms with van der Waals surface area (Å²) in [5, 5.41) is 0.0488. The van der Waals surface area contributed by atoms with Crippen molar-refractivity contribution in [3.05, 3.63) is 28.8 Å². The monoisotopic (exact) mass is 253 g/mol. The predicted molar refractivity (Wildman–Crippen MR) is 46.5 cm³/mol. The van der Waals surface area contributed by atoms with Crippen molar-refractivity contribution in [2.24, 2.45) is 0 Å². The van der Waals surface area contributed by atoms with Gasteiger partial charge < -0.3 is 0 Å². The van der Waals surface area contributed by atoms with E-state index in [9.17, 15) is 13.2 Å². The van der Waals surface area contributed by atoms with Crippen LogP contribution in [0.2, 0.25) is 0 Å². The quantitative estimate of drug-likeness (QED) is 0.737. The predicted octanol–water partition coefficient (Wildman–Crippen LogP) is 3.36. The summed E-state index contributed by atoms with van der Waals surface area (Å²) in [6, 6.07) is 0. The molecule has 1 aromatic heterocycles. The zero-order valence-electron chi connectivity index (χ0n) is 6.82. The third-order valence-electron chi connectivity index (χ3n) is 1.66. The molecular weight excluding hydrogens is 247 g/mol. The maximum atomic E-state index is 13.2. The van der Waals surface area contributed by atoms with Gasteiger partial charge in [-0.05, 0) is 6.92 Å². The van der Waals surface area contributed by atoms with Gasteiger partial charge in [0.25, 0.3) is 6.43 Å². The van der Waals surface area contributed by atoms with Crippen molar-refractivity contribution in [2.75, 3.05) is 0 Å². The van der Waals surface area contributed by atoms with E-state index in [1.54, 1.807) is 0 Å². The molecule has 0 radical (unpaired) electrons. The standard InChI is InChI=1S/C8H7BrF3N/c1-4-3-13-7(8(11)12)5(2-9)6(4)10/h3,8H,2H2,1H3. The highest BCUT2D eigenvalue weighted by atomic mass is 79.9. The van der Waals surface area contributed by atoms with Gasteiger partial charge in [0.2, 0.25) is 0 Å². The van der Waals surface area contributed by atoms with Gasteiger partial charge in [0.15, 0.2) is 0 Å². The number of alkyl halides is 3. The number of nitrogens with zero attached hydrogens (tertiary/aromatic N) is 1. The molecule has 0 aliphatic carbocycles. The number of aromatic nitrogens is 1. The molecular formula is C8H7BrF3N. The number of hydrogen-bond acceptors (Lipinski definition) is 1. The topological polar surface area (TPSA) is 12.9 Å². The van der Waals surface area contributed by atoms with Crippen LogP contribution in [0.5, 0.6) is 0 Å². The van der Waals surface area contributed by atoms with Gasteiger partial charge in [0.05, 0.1) is 0 Å². The third-order valence-corrected chi connectivity index (χ3v) is 2.22. The molecule has 0 saturated carbocycles. The van der Waals surface area contributed by atoms with Crippen LogP contribution in [0, 0.1) is 12.7 Å². The lowest BCUT2D eigenvalue weighted by molar-refractivity contribution is 0.144. The van der Waals surface area contributed by atoms with Gasteiger partial charge in [0, 0.05) is 22.7 Å². The van der Waals surface area contributed by atoms with Crippen molar-refractivity contribution in [3.8, 4) is 0 Å². The lowest BCUT2D eigenvalue weighted by atomic mass is 10.1. The van der Waals surface area contributed by atoms with E-state index in [1.165, 1.54) is 6.92 Å². The smallest absolute Gasteiger partial charge is 0.254 e. The number of rotatable bonds is 2. The fourth-order valence-electron chi connectivity index (χ4n) is 0.967. The first-order valence-corrected chi connectivity index (χ1v) is 4.68. The maximum Gasteiger partial charge on any atom is 0.280 e. The molecule has 13 heavy (non-hydrogen) atoms. The first kappa shape index (κ1) is 10.5. The van der Waals surface area contributed by atoms with Crippen molar-refractivity contribution < 1.29 is 13.2 Å². The summed E-state index contributed by atoms with van der Waals surface area (Å²) in [5.41, 5.74) is -0.270. The SMILES string of the molecule is Cc1cnc(C(F)F)c(CBr)c1F. The lowest BCUT2D eigenvalue weighted by Crippen LogP contribution is -2.02. The first-order valence-electron chi connectivity index (χ1n) is 3.56. The Hall–Kier alpha value is -0.580. The number of aryl methyl sites for hydroxylation is 1. The average molecular weight is 254 g/mol. The van der Waals surface area contributed by atoms with Crippen LogP contribution in [0.25, 0.3) is 0 Å². The van der Waals surface area contributed by atoms with Gasteiger partial charge in [-0.1, -0.05) is 15.9 Å². The average Bonchev–Trinajstić information content (AvgIpc) is 2.09. The molecule has 0 N–H and O–H groups in total. The summed E-state index contributed by atoms with van der Waals surface area (Å²) in [6.45, 7) is 1.49. The number of pyridine rings is 1. The van der Waals surface area contributed by atoms with Crippen molar-refractivity contribution in [1.29, 1.82) is 0 Å². The van der Waals surface area contributed by atoms with Gasteiger partial charge in [-0.2, -0.15) is 0 Å². The fraction of sp³-hybridized carbons (Fsp3) is 0.375. The minimum absolute atomic E-state index is 0.0488. The highest BCUT2D eigenvalue weighted by molar-refractivity contribution is 9.08. The van der Waals surface area contributed by atoms with E-state index in [2.05, 4.69) is 20.9 Å². The van der Waals surface area contributed by atoms with Gasteiger partial charge in [0.1, 0.15) is 11.5 Å². The summed E-state index contributed by atoms with van der Waals surface area (Å²) in [7, 11) is 0. The Labute approximate surface area is 82.1 Å². The minimum Gasteiger partial charge on any atom is -0.254 e. The van der Waals surface area contributed by atoms with Crippen LogP contribution in [-0.2, 0) is 5.33 Å². The van der Waals surface area contributed by atoms with Crippen LogP contribution >= 0.6 is 15.9 Å². The van der Waals surface area contributed by atoms with Gasteiger partial charge in [-0.3, -0.25) is 4.98 Å². The zero-order valence-corrected chi connectivity index (χ0v) is 8.41. The van der Waals surface area contributed by atoms with Crippen molar-refractivity contribution in [2.45, 2.75) is 18.7 Å². The van der Waals surface area contributed by atoms with Crippen LogP contribution in [0.1, 0.15) is 23.2 Å². The molecule has 0 aliphatic rings. The molecule has 0 saturated heterocycles. The van der Waals surface area contributed by atoms with Crippen LogP contribution in [0.4, 0.5) is 13.2 Å². The van der Waals surface area contributed by atoms with Crippen LogP contribution < -0.4 is 0 Å². The highest BCUT2D eigenvalue weighted by Gasteiger charge is 2.18. The molecule has 0 bridgehead atoms. The lowest BCUT2D eigenvalue weighted by Gasteiger charge is -2.07. The molecule has 1 nitrogen and oxygen atoms in total. The van der Waals surface area contributed by atoms with Crippen molar-refractivity contribution >= 4 is 15.9 Å². The molecule has 0 amide bonds. The Morgan fingerprint density at radius 2 is 2.15 bits per heavy atom. The van der Waals surface area contributed by atoms with Crippen LogP contribution in [-0.4, -0.2) is 4.98 Å². The maximum absolute atomic E-state index is 13.2. The molecule has 0 unspecified atom stereocenters. The van der Waals surface area contributed by atoms with Gasteiger partial charge >= 0.3 is 0 Å². The van der Waals surface area contributed by atoms with E-state index in [4.69, 9.17) is 0 Å². The number of hydrogen-bond donors (Lipinski definition) is 0. The largest absolute Gasteiger partial charge is 0.280 e. The van der Waals surface area contributed by atoms with Crippen LogP contribution in [0.3, 0.4) is 0 Å². The summed E-state index contributed by atoms with van der Waals surface area (Å²) in [6.07, 6.45) is -1.62. The second-order valence-corrected chi connectivity index (χ2v) is 3.11. The Morgan fingerprint density at radius 3 is 2.62 bits per heavy atom. The van der Waals surface area contributed by atoms with E-state index in [0.29, 0.717) is 0 Å². The zero-order chi connectivity index (χ0) is 10.0. The molecule has 1 rings (SSSR count). The Kier molecular flexibility index (Phi) is 3.30. The molecule has 5 heteroatoms. The van der Waals surface area contributed by atoms with Crippen molar-refractivity contribution in [3.63, 3.8) is 0 Å². The Balaban J connectivity index is 3.30. The molecule has 1 aromatic rings. The van der Waals surface area contributed by atoms with Gasteiger partial charge in [-0.15, -0.1) is 0 Å². The third kappa shape index (κ3) is 2.02. The Bertz CT molecular complexity index is 315. The Morgan fingerprint density at radius 1 is 1.54 bits per heavy atom. The van der Waals surface area contributed by atoms with Crippen molar-refractivity contribution in [1.82, 2.24) is 4.98 Å². The summed E-state index contributed by atoms with van der Waals surface area (Å²) < 4.78 is 37.8. The summed E-state index contributed by atoms with van der Waals surface area (Å²) in [5.74, 6) is -0.609. The van der Waals surface area contributed by atoms with E-state index in [-0.39, 0.29) is 16.5 Å². The summed E-state index contributed by atoms with van der Waals surface area (Å²) >= 11 is 2.95. The fourth-order valence-corrected chi connectivity index (χ4v) is 1.50. The molecule has 72 valence electrons. The first-order chi connectivity index (χ1) is 6.07. The van der Waals surface area contributed by atoms with Gasteiger partial charge in [-0.25, -0.2) is 13.2 Å². The normalized spacial score (nSPS) is 10.9. The van der Waals surface area contributed by atoms with Crippen LogP contribution in [0.15, 0.2) is 6.20 Å². The second-order valence-electron chi connectivity index (χ2n) is 2.55. The molecule has 0 fully saturated rings. The van der Waals surface area contributed by atoms with E-state index in [1.807, 2.05) is 0 Å². The van der Waals surface area contributed by atoms with E-state index >= 15 is 0 Å². The van der Waals surface area contributed by atoms with E-state index in [0.717, 1.165) is 6.20 Å². The minimum atomic E-state index is -2.73. The number of halogens is 4. The second kappa shape index (κ2) is 4.09. The molecule has 0 spiro atoms. The molecule has 0 aliphatic heterocycles. The summed E-state index contributed by atoms with van der Waals surface area (Å²) in [4.78, 5) is 3.49. The highest BCUT2D eigenvalue weighted by Crippen LogP contribution is 2.25. The molecule has 0 atom stereocenters. The molecule has 1 heterocycles. The van der Waals surface area contributed by atoms with E-state index < -0.39 is 17.9 Å².